The van der Waals surface area contributed by atoms with Crippen molar-refractivity contribution in [2.24, 2.45) is 5.73 Å². The number of carbonyl (C=O) groups is 1. The molecule has 29 heavy (non-hydrogen) atoms. The second-order valence-corrected chi connectivity index (χ2v) is 8.83. The third-order valence-electron chi connectivity index (χ3n) is 5.53. The first-order chi connectivity index (χ1) is 13.7. The van der Waals surface area contributed by atoms with Crippen LogP contribution in [0.2, 0.25) is 0 Å². The van der Waals surface area contributed by atoms with Crippen LogP contribution < -0.4 is 10.5 Å². The Morgan fingerprint density at radius 2 is 2.07 bits per heavy atom. The molecule has 0 bridgehead atoms. The number of benzene rings is 1. The van der Waals surface area contributed by atoms with Crippen LogP contribution in [0.3, 0.4) is 0 Å². The van der Waals surface area contributed by atoms with Gasteiger partial charge in [-0.15, -0.1) is 0 Å². The Hall–Kier alpha value is -2.38. The molecule has 1 aliphatic rings. The van der Waals surface area contributed by atoms with Gasteiger partial charge >= 0.3 is 0 Å². The summed E-state index contributed by atoms with van der Waals surface area (Å²) < 4.78 is 7.74. The van der Waals surface area contributed by atoms with Gasteiger partial charge in [0.2, 0.25) is 0 Å². The zero-order valence-electron chi connectivity index (χ0n) is 17.5. The fourth-order valence-electron chi connectivity index (χ4n) is 3.77. The fourth-order valence-corrected chi connectivity index (χ4v) is 3.77. The van der Waals surface area contributed by atoms with E-state index in [9.17, 15) is 9.90 Å². The minimum atomic E-state index is -0.488. The highest BCUT2D eigenvalue weighted by molar-refractivity contribution is 5.75. The summed E-state index contributed by atoms with van der Waals surface area (Å²) in [5.74, 6) is 0.213. The number of aliphatic hydroxyl groups excluding tert-OH is 1. The van der Waals surface area contributed by atoms with E-state index in [0.717, 1.165) is 30.6 Å². The number of likely N-dealkylation sites (tertiary alicyclic amines) is 1. The highest BCUT2D eigenvalue weighted by Crippen LogP contribution is 2.31. The summed E-state index contributed by atoms with van der Waals surface area (Å²) in [7, 11) is 0. The molecule has 1 aliphatic heterocycles. The third-order valence-corrected chi connectivity index (χ3v) is 5.53. The van der Waals surface area contributed by atoms with Crippen molar-refractivity contribution in [3.63, 3.8) is 0 Å². The Labute approximate surface area is 172 Å². The van der Waals surface area contributed by atoms with E-state index in [0.29, 0.717) is 18.7 Å². The summed E-state index contributed by atoms with van der Waals surface area (Å²) in [5.41, 5.74) is 7.44. The molecule has 1 saturated heterocycles. The Morgan fingerprint density at radius 1 is 1.31 bits per heavy atom. The molecule has 3 rings (SSSR count). The summed E-state index contributed by atoms with van der Waals surface area (Å²) in [6.07, 6.45) is 6.56. The Bertz CT molecular complexity index is 814. The molecule has 3 N–H and O–H groups in total. The lowest BCUT2D eigenvalue weighted by Gasteiger charge is -2.24. The minimum absolute atomic E-state index is 0.0197. The molecule has 1 aromatic carbocycles. The van der Waals surface area contributed by atoms with Gasteiger partial charge in [0.15, 0.2) is 6.61 Å². The third kappa shape index (κ3) is 5.58. The standard InChI is InChI=1S/C22H32N4O3/c1-22(2,3)17-5-4-16(20(12-17)29-14-21(23)28)13-25-9-6-18(19(27)7-10-25)26-11-8-24-15-26/h4-5,8,11-12,15,18-19,27H,6-7,9-10,13-14H2,1-3H3,(H2,23,28)/t18-,19-/m0/s1. The molecule has 0 spiro atoms. The Morgan fingerprint density at radius 3 is 2.72 bits per heavy atom. The first-order valence-electron chi connectivity index (χ1n) is 10.2. The lowest BCUT2D eigenvalue weighted by molar-refractivity contribution is -0.119. The zero-order valence-corrected chi connectivity index (χ0v) is 17.5. The number of imidazole rings is 1. The van der Waals surface area contributed by atoms with Crippen LogP contribution in [-0.2, 0) is 16.8 Å². The van der Waals surface area contributed by atoms with Gasteiger partial charge in [-0.25, -0.2) is 4.98 Å². The van der Waals surface area contributed by atoms with Crippen molar-refractivity contribution in [1.82, 2.24) is 14.5 Å². The molecule has 158 valence electrons. The van der Waals surface area contributed by atoms with Gasteiger partial charge in [0, 0.05) is 37.6 Å². The topological polar surface area (TPSA) is 93.6 Å². The van der Waals surface area contributed by atoms with Crippen LogP contribution in [0, 0.1) is 0 Å². The first-order valence-corrected chi connectivity index (χ1v) is 10.2. The summed E-state index contributed by atoms with van der Waals surface area (Å²) in [6.45, 7) is 8.65. The number of carbonyl (C=O) groups excluding carboxylic acids is 1. The molecule has 1 fully saturated rings. The molecule has 0 unspecified atom stereocenters. The largest absolute Gasteiger partial charge is 0.483 e. The number of ether oxygens (including phenoxy) is 1. The maximum atomic E-state index is 11.2. The predicted molar refractivity (Wildman–Crippen MR) is 112 cm³/mol. The highest BCUT2D eigenvalue weighted by Gasteiger charge is 2.26. The van der Waals surface area contributed by atoms with Crippen LogP contribution in [-0.4, -0.2) is 51.3 Å². The molecule has 2 aromatic rings. The second kappa shape index (κ2) is 8.97. The van der Waals surface area contributed by atoms with Gasteiger partial charge in [0.1, 0.15) is 5.75 Å². The molecule has 0 saturated carbocycles. The molecule has 1 aromatic heterocycles. The number of amides is 1. The fraction of sp³-hybridized carbons (Fsp3) is 0.545. The van der Waals surface area contributed by atoms with Gasteiger partial charge in [-0.1, -0.05) is 32.9 Å². The summed E-state index contributed by atoms with van der Waals surface area (Å²) in [5, 5.41) is 10.6. The van der Waals surface area contributed by atoms with Gasteiger partial charge in [-0.3, -0.25) is 9.69 Å². The van der Waals surface area contributed by atoms with E-state index in [1.54, 1.807) is 12.5 Å². The van der Waals surface area contributed by atoms with Crippen molar-refractivity contribution in [3.8, 4) is 5.75 Å². The normalized spacial score (nSPS) is 21.0. The van der Waals surface area contributed by atoms with E-state index < -0.39 is 12.0 Å². The number of aromatic nitrogens is 2. The minimum Gasteiger partial charge on any atom is -0.483 e. The van der Waals surface area contributed by atoms with Crippen molar-refractivity contribution in [2.45, 2.75) is 57.7 Å². The second-order valence-electron chi connectivity index (χ2n) is 8.83. The lowest BCUT2D eigenvalue weighted by atomic mass is 9.86. The average molecular weight is 401 g/mol. The monoisotopic (exact) mass is 400 g/mol. The number of primary amides is 1. The number of hydrogen-bond acceptors (Lipinski definition) is 5. The summed E-state index contributed by atoms with van der Waals surface area (Å²) in [6, 6.07) is 6.24. The highest BCUT2D eigenvalue weighted by atomic mass is 16.5. The van der Waals surface area contributed by atoms with E-state index in [2.05, 4.69) is 42.8 Å². The number of rotatable bonds is 6. The Balaban J connectivity index is 1.75. The van der Waals surface area contributed by atoms with Crippen molar-refractivity contribution < 1.29 is 14.6 Å². The number of hydrogen-bond donors (Lipinski definition) is 2. The lowest BCUT2D eigenvalue weighted by Crippen LogP contribution is -2.26. The van der Waals surface area contributed by atoms with Gasteiger partial charge in [0.25, 0.3) is 5.91 Å². The molecule has 0 aliphatic carbocycles. The molecule has 2 heterocycles. The van der Waals surface area contributed by atoms with Crippen LogP contribution in [0.25, 0.3) is 0 Å². The van der Waals surface area contributed by atoms with E-state index in [1.165, 1.54) is 0 Å². The van der Waals surface area contributed by atoms with E-state index in [4.69, 9.17) is 10.5 Å². The van der Waals surface area contributed by atoms with Gasteiger partial charge in [0.05, 0.1) is 18.5 Å². The van der Waals surface area contributed by atoms with Crippen molar-refractivity contribution >= 4 is 5.91 Å². The number of nitrogens with zero attached hydrogens (tertiary/aromatic N) is 3. The zero-order chi connectivity index (χ0) is 21.0. The van der Waals surface area contributed by atoms with Crippen molar-refractivity contribution in [3.05, 3.63) is 48.0 Å². The maximum Gasteiger partial charge on any atom is 0.255 e. The molecule has 1 amide bonds. The van der Waals surface area contributed by atoms with Crippen molar-refractivity contribution in [1.29, 1.82) is 0 Å². The SMILES string of the molecule is CC(C)(C)c1ccc(CN2CC[C@H](O)[C@@H](n3ccnc3)CC2)c(OCC(N)=O)c1. The van der Waals surface area contributed by atoms with E-state index in [-0.39, 0.29) is 18.1 Å². The summed E-state index contributed by atoms with van der Waals surface area (Å²) >= 11 is 0. The van der Waals surface area contributed by atoms with Crippen LogP contribution in [0.1, 0.15) is 50.8 Å². The molecular formula is C22H32N4O3. The van der Waals surface area contributed by atoms with Crippen LogP contribution in [0.15, 0.2) is 36.9 Å². The average Bonchev–Trinajstić information content (AvgIpc) is 3.12. The Kier molecular flexibility index (Phi) is 6.59. The smallest absolute Gasteiger partial charge is 0.255 e. The van der Waals surface area contributed by atoms with Crippen LogP contribution in [0.5, 0.6) is 5.75 Å². The van der Waals surface area contributed by atoms with Crippen molar-refractivity contribution in [2.75, 3.05) is 19.7 Å². The van der Waals surface area contributed by atoms with Crippen LogP contribution in [0.4, 0.5) is 0 Å². The van der Waals surface area contributed by atoms with Gasteiger partial charge < -0.3 is 20.1 Å². The maximum absolute atomic E-state index is 11.2. The summed E-state index contributed by atoms with van der Waals surface area (Å²) in [4.78, 5) is 17.7. The molecular weight excluding hydrogens is 368 g/mol. The molecule has 7 heteroatoms. The van der Waals surface area contributed by atoms with Crippen LogP contribution >= 0.6 is 0 Å². The first kappa shape index (κ1) is 21.3. The number of aliphatic hydroxyl groups is 1. The molecule has 0 radical (unpaired) electrons. The van der Waals surface area contributed by atoms with Gasteiger partial charge in [-0.05, 0) is 29.9 Å². The number of nitrogens with two attached hydrogens (primary N) is 1. The van der Waals surface area contributed by atoms with E-state index in [1.807, 2.05) is 16.8 Å². The van der Waals surface area contributed by atoms with E-state index >= 15 is 0 Å². The predicted octanol–water partition coefficient (Wildman–Crippen LogP) is 2.24. The molecule has 7 nitrogen and oxygen atoms in total. The quantitative estimate of drug-likeness (QED) is 0.776. The molecule has 2 atom stereocenters. The van der Waals surface area contributed by atoms with Gasteiger partial charge in [-0.2, -0.15) is 0 Å².